The zero-order chi connectivity index (χ0) is 33.9. The van der Waals surface area contributed by atoms with E-state index in [-0.39, 0.29) is 6.04 Å². The molecule has 50 heavy (non-hydrogen) atoms. The largest absolute Gasteiger partial charge is 0.387 e. The molecule has 0 radical (unpaired) electrons. The zero-order valence-electron chi connectivity index (χ0n) is 28.6. The molecule has 0 spiro atoms. The van der Waals surface area contributed by atoms with Gasteiger partial charge in [0, 0.05) is 34.6 Å². The van der Waals surface area contributed by atoms with Gasteiger partial charge in [-0.3, -0.25) is 0 Å². The van der Waals surface area contributed by atoms with Crippen LogP contribution in [0.1, 0.15) is 70.4 Å². The molecule has 6 aromatic rings. The molecule has 2 aliphatic carbocycles. The van der Waals surface area contributed by atoms with Crippen LogP contribution in [0.15, 0.2) is 145 Å². The first-order chi connectivity index (χ1) is 24.6. The lowest BCUT2D eigenvalue weighted by atomic mass is 9.80. The van der Waals surface area contributed by atoms with Crippen molar-refractivity contribution in [3.8, 4) is 27.9 Å². The Labute approximate surface area is 302 Å². The molecule has 250 valence electrons. The summed E-state index contributed by atoms with van der Waals surface area (Å²) in [7, 11) is 0. The Morgan fingerprint density at radius 1 is 0.700 bits per heavy atom. The third kappa shape index (κ3) is 6.70. The maximum Gasteiger partial charge on any atom is 0.0498 e. The van der Waals surface area contributed by atoms with Crippen LogP contribution in [-0.4, -0.2) is 4.57 Å². The average Bonchev–Trinajstić information content (AvgIpc) is 3.51. The van der Waals surface area contributed by atoms with Crippen LogP contribution in [0.4, 0.5) is 0 Å². The first-order valence-electron chi connectivity index (χ1n) is 18.2. The highest BCUT2D eigenvalue weighted by Crippen LogP contribution is 2.42. The molecular formula is C46H45N3S. The third-order valence-corrected chi connectivity index (χ3v) is 11.1. The quantitative estimate of drug-likeness (QED) is 0.134. The maximum absolute atomic E-state index is 6.66. The Morgan fingerprint density at radius 2 is 1.40 bits per heavy atom. The fourth-order valence-electron chi connectivity index (χ4n) is 8.18. The lowest BCUT2D eigenvalue weighted by Crippen LogP contribution is -2.16. The topological polar surface area (TPSA) is 43.0 Å². The third-order valence-electron chi connectivity index (χ3n) is 10.7. The highest BCUT2D eigenvalue weighted by atomic mass is 32.1. The van der Waals surface area contributed by atoms with Gasteiger partial charge in [-0.05, 0) is 137 Å². The van der Waals surface area contributed by atoms with E-state index in [0.717, 1.165) is 29.8 Å². The van der Waals surface area contributed by atoms with Gasteiger partial charge in [0.2, 0.25) is 0 Å². The first-order valence-corrected chi connectivity index (χ1v) is 18.6. The van der Waals surface area contributed by atoms with Crippen LogP contribution in [0.25, 0.3) is 27.9 Å². The van der Waals surface area contributed by atoms with Crippen LogP contribution in [0, 0.1) is 0 Å². The fourth-order valence-corrected chi connectivity index (χ4v) is 8.53. The van der Waals surface area contributed by atoms with Crippen LogP contribution in [0.5, 0.6) is 0 Å². The van der Waals surface area contributed by atoms with Gasteiger partial charge in [-0.25, -0.2) is 0 Å². The summed E-state index contributed by atoms with van der Waals surface area (Å²) >= 11 is 4.82. The maximum atomic E-state index is 6.66. The molecule has 3 N–H and O–H groups in total. The predicted molar refractivity (Wildman–Crippen MR) is 211 cm³/mol. The Bertz CT molecular complexity index is 2130. The average molecular weight is 672 g/mol. The molecule has 0 saturated heterocycles. The first kappa shape index (κ1) is 32.4. The van der Waals surface area contributed by atoms with Crippen molar-refractivity contribution < 1.29 is 0 Å². The molecule has 0 bridgehead atoms. The molecule has 2 atom stereocenters. The fraction of sp³-hybridized carbons (Fsp3) is 0.217. The number of nitrogens with zero attached hydrogens (tertiary/aromatic N) is 1. The van der Waals surface area contributed by atoms with E-state index in [1.165, 1.54) is 76.9 Å². The van der Waals surface area contributed by atoms with E-state index in [9.17, 15) is 0 Å². The van der Waals surface area contributed by atoms with Crippen molar-refractivity contribution in [3.05, 3.63) is 179 Å². The van der Waals surface area contributed by atoms with Crippen molar-refractivity contribution in [3.63, 3.8) is 0 Å². The van der Waals surface area contributed by atoms with Crippen molar-refractivity contribution in [1.29, 1.82) is 0 Å². The predicted octanol–water partition coefficient (Wildman–Crippen LogP) is 10.6. The van der Waals surface area contributed by atoms with Gasteiger partial charge < -0.3 is 15.6 Å². The van der Waals surface area contributed by atoms with Crippen LogP contribution in [0.2, 0.25) is 0 Å². The van der Waals surface area contributed by atoms with E-state index >= 15 is 0 Å². The Hall–Kier alpha value is -4.77. The van der Waals surface area contributed by atoms with Crippen LogP contribution < -0.4 is 11.1 Å². The van der Waals surface area contributed by atoms with E-state index in [0.29, 0.717) is 5.92 Å². The summed E-state index contributed by atoms with van der Waals surface area (Å²) in [5, 5.41) is 3.52. The van der Waals surface area contributed by atoms with Crippen LogP contribution in [0.3, 0.4) is 0 Å². The number of thiol groups is 1. The summed E-state index contributed by atoms with van der Waals surface area (Å²) in [6, 6.07) is 45.4. The highest BCUT2D eigenvalue weighted by molar-refractivity contribution is 7.80. The summed E-state index contributed by atoms with van der Waals surface area (Å²) < 4.78 is 2.63. The van der Waals surface area contributed by atoms with E-state index in [1.807, 2.05) is 6.20 Å². The molecule has 4 heteroatoms. The number of benzene rings is 5. The molecule has 2 aliphatic rings. The molecule has 5 aromatic carbocycles. The van der Waals surface area contributed by atoms with Gasteiger partial charge in [-0.15, -0.1) is 12.6 Å². The highest BCUT2D eigenvalue weighted by Gasteiger charge is 2.31. The van der Waals surface area contributed by atoms with Crippen molar-refractivity contribution in [2.75, 3.05) is 0 Å². The van der Waals surface area contributed by atoms with E-state index in [4.69, 9.17) is 18.4 Å². The van der Waals surface area contributed by atoms with Gasteiger partial charge in [-0.2, -0.15) is 0 Å². The van der Waals surface area contributed by atoms with Crippen molar-refractivity contribution >= 4 is 12.6 Å². The Kier molecular flexibility index (Phi) is 9.47. The molecular weight excluding hydrogens is 627 g/mol. The molecule has 3 nitrogen and oxygen atoms in total. The zero-order valence-corrected chi connectivity index (χ0v) is 29.5. The lowest BCUT2D eigenvalue weighted by Gasteiger charge is -2.26. The summed E-state index contributed by atoms with van der Waals surface area (Å²) in [5.74, 6) is 0.542. The van der Waals surface area contributed by atoms with Gasteiger partial charge in [0.1, 0.15) is 0 Å². The van der Waals surface area contributed by atoms with Gasteiger partial charge in [0.05, 0.1) is 0 Å². The minimum absolute atomic E-state index is 0.200. The van der Waals surface area contributed by atoms with Gasteiger partial charge >= 0.3 is 0 Å². The number of rotatable bonds is 9. The number of aromatic nitrogens is 1. The lowest BCUT2D eigenvalue weighted by molar-refractivity contribution is 0.563. The summed E-state index contributed by atoms with van der Waals surface area (Å²) in [4.78, 5) is 1.13. The summed E-state index contributed by atoms with van der Waals surface area (Å²) in [6.45, 7) is 0.747. The van der Waals surface area contributed by atoms with E-state index in [1.54, 1.807) is 16.8 Å². The molecule has 8 rings (SSSR count). The van der Waals surface area contributed by atoms with Gasteiger partial charge in [-0.1, -0.05) is 103 Å². The molecule has 0 amide bonds. The van der Waals surface area contributed by atoms with Gasteiger partial charge in [0.15, 0.2) is 0 Å². The molecule has 0 fully saturated rings. The molecule has 1 unspecified atom stereocenters. The number of hydrogen-bond acceptors (Lipinski definition) is 3. The van der Waals surface area contributed by atoms with E-state index in [2.05, 4.69) is 143 Å². The minimum atomic E-state index is -0.200. The smallest absolute Gasteiger partial charge is 0.0498 e. The number of nitrogens with one attached hydrogen (secondary N) is 1. The molecule has 1 aromatic heterocycles. The number of hydrogen-bond donors (Lipinski definition) is 3. The number of nitrogens with two attached hydrogens (primary N) is 1. The SMILES string of the molecule is NC(/C=C\NCc1cccc(-n2c3c(c4c2CC[C@@H](c2ccccc2S)C4)CCCC3)c1)c1cccc(-c2ccc(-c3ccccc3)cc2)c1. The Balaban J connectivity index is 0.948. The van der Waals surface area contributed by atoms with Crippen molar-refractivity contribution in [2.45, 2.75) is 68.3 Å². The van der Waals surface area contributed by atoms with Crippen LogP contribution >= 0.6 is 12.6 Å². The Morgan fingerprint density at radius 3 is 2.24 bits per heavy atom. The standard InChI is InChI=1S/C46H45N3S/c47-43(38-14-9-13-36(29-38)35-22-20-34(21-23-35)33-11-2-1-3-12-33)26-27-48-31-32-10-8-15-39(28-32)49-44-18-6-4-17-41(44)42-30-37(24-25-45(42)49)40-16-5-7-19-46(40)50/h1-3,5,7-16,19-23,26-29,37,43,48,50H,4,6,17-18,24-25,30-31,47H2/b27-26-/t37-,43?/m1/s1. The summed E-state index contributed by atoms with van der Waals surface area (Å²) in [6.07, 6.45) is 12.4. The summed E-state index contributed by atoms with van der Waals surface area (Å²) in [5.41, 5.74) is 22.9. The van der Waals surface area contributed by atoms with Crippen LogP contribution in [-0.2, 0) is 32.2 Å². The second kappa shape index (κ2) is 14.6. The van der Waals surface area contributed by atoms with Crippen molar-refractivity contribution in [1.82, 2.24) is 9.88 Å². The second-order valence-electron chi connectivity index (χ2n) is 13.9. The number of fused-ring (bicyclic) bond motifs is 3. The molecule has 1 heterocycles. The van der Waals surface area contributed by atoms with Crippen molar-refractivity contribution in [2.24, 2.45) is 5.73 Å². The van der Waals surface area contributed by atoms with E-state index < -0.39 is 0 Å². The normalized spacial score (nSPS) is 16.2. The second-order valence-corrected chi connectivity index (χ2v) is 14.4. The minimum Gasteiger partial charge on any atom is -0.387 e. The monoisotopic (exact) mass is 671 g/mol. The molecule has 0 saturated carbocycles. The molecule has 0 aliphatic heterocycles. The van der Waals surface area contributed by atoms with Gasteiger partial charge in [0.25, 0.3) is 0 Å².